The van der Waals surface area contributed by atoms with Crippen molar-refractivity contribution in [3.8, 4) is 6.07 Å². The van der Waals surface area contributed by atoms with Crippen molar-refractivity contribution in [3.63, 3.8) is 0 Å². The molecule has 100 valence electrons. The molecule has 0 radical (unpaired) electrons. The van der Waals surface area contributed by atoms with Crippen LogP contribution in [-0.4, -0.2) is 5.91 Å². The molecule has 0 aromatic heterocycles. The second-order valence-electron chi connectivity index (χ2n) is 4.74. The smallest absolute Gasteiger partial charge is 0.251 e. The van der Waals surface area contributed by atoms with Crippen LogP contribution in [0.5, 0.6) is 0 Å². The molecule has 0 aliphatic heterocycles. The molecular weight excluding hydrogens is 248 g/mol. The van der Waals surface area contributed by atoms with Crippen LogP contribution in [0.1, 0.15) is 40.0 Å². The molecule has 3 heteroatoms. The predicted molar refractivity (Wildman–Crippen MR) is 78.2 cm³/mol. The van der Waals surface area contributed by atoms with Crippen molar-refractivity contribution >= 4 is 5.91 Å². The average Bonchev–Trinajstić information content (AvgIpc) is 2.47. The maximum absolute atomic E-state index is 12.1. The first kappa shape index (κ1) is 13.8. The molecule has 1 N–H and O–H groups in total. The van der Waals surface area contributed by atoms with Crippen molar-refractivity contribution in [2.24, 2.45) is 0 Å². The number of nitrogens with one attached hydrogen (secondary N) is 1. The topological polar surface area (TPSA) is 52.9 Å². The first-order valence-electron chi connectivity index (χ1n) is 6.48. The number of carbonyl (C=O) groups excluding carboxylic acids is 1. The Morgan fingerprint density at radius 2 is 1.80 bits per heavy atom. The van der Waals surface area contributed by atoms with Crippen LogP contribution in [0.25, 0.3) is 0 Å². The van der Waals surface area contributed by atoms with Gasteiger partial charge in [-0.05, 0) is 49.2 Å². The quantitative estimate of drug-likeness (QED) is 0.924. The molecule has 20 heavy (non-hydrogen) atoms. The van der Waals surface area contributed by atoms with Crippen molar-refractivity contribution in [2.75, 3.05) is 0 Å². The zero-order valence-electron chi connectivity index (χ0n) is 11.6. The highest BCUT2D eigenvalue weighted by atomic mass is 16.1. The van der Waals surface area contributed by atoms with E-state index in [0.29, 0.717) is 11.1 Å². The zero-order chi connectivity index (χ0) is 14.5. The molecule has 0 spiro atoms. The first-order valence-corrected chi connectivity index (χ1v) is 6.48. The fourth-order valence-electron chi connectivity index (χ4n) is 2.13. The fourth-order valence-corrected chi connectivity index (χ4v) is 2.13. The Kier molecular flexibility index (Phi) is 4.17. The standard InChI is InChI=1S/C17H16N2O/c1-12-5-3-4-6-16(12)13(2)19-17(20)15-9-7-14(11-18)8-10-15/h3-10,13H,1-2H3,(H,19,20). The lowest BCUT2D eigenvalue weighted by molar-refractivity contribution is 0.0940. The molecule has 1 amide bonds. The Balaban J connectivity index is 2.11. The SMILES string of the molecule is Cc1ccccc1C(C)NC(=O)c1ccc(C#N)cc1. The van der Waals surface area contributed by atoms with Crippen molar-refractivity contribution in [1.29, 1.82) is 5.26 Å². The van der Waals surface area contributed by atoms with Gasteiger partial charge in [-0.15, -0.1) is 0 Å². The molecule has 0 fully saturated rings. The highest BCUT2D eigenvalue weighted by molar-refractivity contribution is 5.94. The minimum Gasteiger partial charge on any atom is -0.346 e. The van der Waals surface area contributed by atoms with Gasteiger partial charge >= 0.3 is 0 Å². The molecule has 2 rings (SSSR count). The van der Waals surface area contributed by atoms with E-state index in [1.54, 1.807) is 24.3 Å². The number of nitrogens with zero attached hydrogens (tertiary/aromatic N) is 1. The number of nitriles is 1. The van der Waals surface area contributed by atoms with Gasteiger partial charge < -0.3 is 5.32 Å². The van der Waals surface area contributed by atoms with Crippen LogP contribution in [0.3, 0.4) is 0 Å². The molecule has 0 aliphatic rings. The fraction of sp³-hybridized carbons (Fsp3) is 0.176. The number of carbonyl (C=O) groups is 1. The molecular formula is C17H16N2O. The normalized spacial score (nSPS) is 11.4. The lowest BCUT2D eigenvalue weighted by atomic mass is 10.0. The number of rotatable bonds is 3. The van der Waals surface area contributed by atoms with Crippen molar-refractivity contribution in [3.05, 3.63) is 70.8 Å². The second kappa shape index (κ2) is 6.03. The summed E-state index contributed by atoms with van der Waals surface area (Å²) >= 11 is 0. The van der Waals surface area contributed by atoms with E-state index < -0.39 is 0 Å². The van der Waals surface area contributed by atoms with E-state index in [-0.39, 0.29) is 11.9 Å². The molecule has 0 saturated carbocycles. The third kappa shape index (κ3) is 3.04. The van der Waals surface area contributed by atoms with E-state index in [4.69, 9.17) is 5.26 Å². The van der Waals surface area contributed by atoms with Crippen LogP contribution >= 0.6 is 0 Å². The lowest BCUT2D eigenvalue weighted by Gasteiger charge is -2.16. The Bertz CT molecular complexity index is 653. The van der Waals surface area contributed by atoms with E-state index in [0.717, 1.165) is 11.1 Å². The summed E-state index contributed by atoms with van der Waals surface area (Å²) in [5, 5.41) is 11.7. The Labute approximate surface area is 118 Å². The molecule has 2 aromatic carbocycles. The highest BCUT2D eigenvalue weighted by Gasteiger charge is 2.12. The van der Waals surface area contributed by atoms with E-state index in [2.05, 4.69) is 5.32 Å². The predicted octanol–water partition coefficient (Wildman–Crippen LogP) is 3.36. The van der Waals surface area contributed by atoms with E-state index in [9.17, 15) is 4.79 Å². The van der Waals surface area contributed by atoms with Gasteiger partial charge in [-0.1, -0.05) is 24.3 Å². The third-order valence-electron chi connectivity index (χ3n) is 3.28. The van der Waals surface area contributed by atoms with E-state index >= 15 is 0 Å². The van der Waals surface area contributed by atoms with Crippen LogP contribution < -0.4 is 5.32 Å². The van der Waals surface area contributed by atoms with Gasteiger partial charge in [-0.25, -0.2) is 0 Å². The molecule has 0 aliphatic carbocycles. The molecule has 2 aromatic rings. The summed E-state index contributed by atoms with van der Waals surface area (Å²) in [5.41, 5.74) is 3.37. The monoisotopic (exact) mass is 264 g/mol. The van der Waals surface area contributed by atoms with Gasteiger partial charge in [0, 0.05) is 5.56 Å². The number of hydrogen-bond acceptors (Lipinski definition) is 2. The Morgan fingerprint density at radius 1 is 1.15 bits per heavy atom. The van der Waals surface area contributed by atoms with Gasteiger partial charge in [0.25, 0.3) is 5.91 Å². The lowest BCUT2D eigenvalue weighted by Crippen LogP contribution is -2.27. The maximum atomic E-state index is 12.1. The van der Waals surface area contributed by atoms with Crippen LogP contribution in [0.2, 0.25) is 0 Å². The van der Waals surface area contributed by atoms with Crippen LogP contribution in [0.15, 0.2) is 48.5 Å². The molecule has 0 saturated heterocycles. The first-order chi connectivity index (χ1) is 9.61. The highest BCUT2D eigenvalue weighted by Crippen LogP contribution is 2.17. The van der Waals surface area contributed by atoms with E-state index in [1.165, 1.54) is 0 Å². The van der Waals surface area contributed by atoms with Gasteiger partial charge in [0.2, 0.25) is 0 Å². The third-order valence-corrected chi connectivity index (χ3v) is 3.28. The summed E-state index contributed by atoms with van der Waals surface area (Å²) in [6, 6.07) is 16.6. The summed E-state index contributed by atoms with van der Waals surface area (Å²) in [7, 11) is 0. The molecule has 1 atom stereocenters. The van der Waals surface area contributed by atoms with Crippen LogP contribution in [0.4, 0.5) is 0 Å². The van der Waals surface area contributed by atoms with Crippen LogP contribution in [0, 0.1) is 18.3 Å². The van der Waals surface area contributed by atoms with Crippen molar-refractivity contribution in [2.45, 2.75) is 19.9 Å². The number of benzene rings is 2. The van der Waals surface area contributed by atoms with E-state index in [1.807, 2.05) is 44.2 Å². The second-order valence-corrected chi connectivity index (χ2v) is 4.74. The molecule has 0 heterocycles. The summed E-state index contributed by atoms with van der Waals surface area (Å²) in [5.74, 6) is -0.134. The van der Waals surface area contributed by atoms with Crippen molar-refractivity contribution in [1.82, 2.24) is 5.32 Å². The Hall–Kier alpha value is -2.60. The summed E-state index contributed by atoms with van der Waals surface area (Å²) in [6.45, 7) is 3.99. The van der Waals surface area contributed by atoms with Crippen molar-refractivity contribution < 1.29 is 4.79 Å². The zero-order valence-corrected chi connectivity index (χ0v) is 11.6. The average molecular weight is 264 g/mol. The van der Waals surface area contributed by atoms with Gasteiger partial charge in [0.15, 0.2) is 0 Å². The summed E-state index contributed by atoms with van der Waals surface area (Å²) in [6.07, 6.45) is 0. The number of amides is 1. The van der Waals surface area contributed by atoms with Gasteiger partial charge in [-0.3, -0.25) is 4.79 Å². The van der Waals surface area contributed by atoms with Crippen LogP contribution in [-0.2, 0) is 0 Å². The minimum absolute atomic E-state index is 0.0562. The molecule has 1 unspecified atom stereocenters. The minimum atomic E-state index is -0.134. The molecule has 3 nitrogen and oxygen atoms in total. The summed E-state index contributed by atoms with van der Waals surface area (Å²) in [4.78, 5) is 12.1. The maximum Gasteiger partial charge on any atom is 0.251 e. The largest absolute Gasteiger partial charge is 0.346 e. The molecule has 0 bridgehead atoms. The summed E-state index contributed by atoms with van der Waals surface area (Å²) < 4.78 is 0. The Morgan fingerprint density at radius 3 is 2.40 bits per heavy atom. The number of aryl methyl sites for hydroxylation is 1. The van der Waals surface area contributed by atoms with Gasteiger partial charge in [0.1, 0.15) is 0 Å². The van der Waals surface area contributed by atoms with Gasteiger partial charge in [0.05, 0.1) is 17.7 Å². The van der Waals surface area contributed by atoms with Gasteiger partial charge in [-0.2, -0.15) is 5.26 Å². The number of hydrogen-bond donors (Lipinski definition) is 1.